The molecule has 1 aromatic rings. The summed E-state index contributed by atoms with van der Waals surface area (Å²) in [5, 5.41) is 0. The predicted octanol–water partition coefficient (Wildman–Crippen LogP) is 2.99. The van der Waals surface area contributed by atoms with Gasteiger partial charge in [-0.3, -0.25) is 9.79 Å². The number of ketones is 1. The van der Waals surface area contributed by atoms with Gasteiger partial charge in [0.05, 0.1) is 17.0 Å². The molecule has 0 saturated carbocycles. The molecule has 0 radical (unpaired) electrons. The van der Waals surface area contributed by atoms with Gasteiger partial charge >= 0.3 is 0 Å². The number of nitrogens with two attached hydrogens (primary N) is 1. The Morgan fingerprint density at radius 3 is 2.47 bits per heavy atom. The van der Waals surface area contributed by atoms with Gasteiger partial charge in [0.25, 0.3) is 0 Å². The van der Waals surface area contributed by atoms with E-state index in [9.17, 15) is 4.79 Å². The minimum absolute atomic E-state index is 0.0457. The van der Waals surface area contributed by atoms with Gasteiger partial charge in [-0.25, -0.2) is 0 Å². The van der Waals surface area contributed by atoms with Gasteiger partial charge in [-0.2, -0.15) is 0 Å². The molecule has 17 heavy (non-hydrogen) atoms. The number of Topliss-reactive ketones (excluding diaryl/α,β-unsaturated/α-hetero) is 1. The molecule has 0 aromatic heterocycles. The van der Waals surface area contributed by atoms with Crippen LogP contribution in [0.15, 0.2) is 47.1 Å². The first-order valence-electron chi connectivity index (χ1n) is 5.74. The van der Waals surface area contributed by atoms with Crippen LogP contribution >= 0.6 is 0 Å². The molecule has 0 heterocycles. The van der Waals surface area contributed by atoms with Crippen LogP contribution in [0.5, 0.6) is 0 Å². The lowest BCUT2D eigenvalue weighted by molar-refractivity contribution is -0.113. The van der Waals surface area contributed by atoms with Crippen molar-refractivity contribution < 1.29 is 4.79 Å². The molecule has 2 N–H and O–H groups in total. The maximum atomic E-state index is 11.5. The van der Waals surface area contributed by atoms with Crippen molar-refractivity contribution in [3.63, 3.8) is 0 Å². The topological polar surface area (TPSA) is 55.4 Å². The van der Waals surface area contributed by atoms with E-state index in [1.807, 2.05) is 30.3 Å². The first-order valence-corrected chi connectivity index (χ1v) is 5.74. The molecule has 0 spiro atoms. The number of carbonyl (C=O) groups is 1. The van der Waals surface area contributed by atoms with Crippen molar-refractivity contribution in [3.8, 4) is 0 Å². The van der Waals surface area contributed by atoms with Crippen molar-refractivity contribution in [2.24, 2.45) is 10.7 Å². The van der Waals surface area contributed by atoms with E-state index in [4.69, 9.17) is 5.73 Å². The zero-order valence-corrected chi connectivity index (χ0v) is 10.3. The Balaban J connectivity index is 3.09. The summed E-state index contributed by atoms with van der Waals surface area (Å²) >= 11 is 0. The van der Waals surface area contributed by atoms with E-state index in [1.165, 1.54) is 13.1 Å². The summed E-state index contributed by atoms with van der Waals surface area (Å²) in [6.45, 7) is 3.56. The fraction of sp³-hybridized carbons (Fsp3) is 0.286. The van der Waals surface area contributed by atoms with Crippen LogP contribution in [-0.4, -0.2) is 11.5 Å². The van der Waals surface area contributed by atoms with Gasteiger partial charge in [-0.1, -0.05) is 31.5 Å². The summed E-state index contributed by atoms with van der Waals surface area (Å²) in [5.41, 5.74) is 7.61. The Kier molecular flexibility index (Phi) is 5.14. The number of benzene rings is 1. The maximum absolute atomic E-state index is 11.5. The normalized spacial score (nSPS) is 12.6. The van der Waals surface area contributed by atoms with Crippen LogP contribution in [0.2, 0.25) is 0 Å². The number of aliphatic imine (C=N–C) groups is 1. The summed E-state index contributed by atoms with van der Waals surface area (Å²) in [6.07, 6.45) is 3.02. The summed E-state index contributed by atoms with van der Waals surface area (Å²) in [7, 11) is 0. The molecule has 1 aromatic carbocycles. The molecule has 3 heteroatoms. The Bertz CT molecular complexity index is 433. The Morgan fingerprint density at radius 2 is 2.00 bits per heavy atom. The largest absolute Gasteiger partial charge is 0.404 e. The van der Waals surface area contributed by atoms with Crippen LogP contribution < -0.4 is 5.73 Å². The second kappa shape index (κ2) is 6.63. The van der Waals surface area contributed by atoms with Crippen LogP contribution in [0.1, 0.15) is 26.7 Å². The SMILES string of the molecule is CCCC(=Nc1ccccc1)C(=CN)C(C)=O. The molecule has 0 amide bonds. The molecule has 0 bridgehead atoms. The van der Waals surface area contributed by atoms with Crippen LogP contribution in [0, 0.1) is 0 Å². The second-order valence-electron chi connectivity index (χ2n) is 3.78. The van der Waals surface area contributed by atoms with Crippen LogP contribution in [0.4, 0.5) is 5.69 Å². The van der Waals surface area contributed by atoms with E-state index in [-0.39, 0.29) is 5.78 Å². The number of hydrogen-bond donors (Lipinski definition) is 1. The standard InChI is InChI=1S/C14H18N2O/c1-3-7-14(13(10-15)11(2)17)16-12-8-5-4-6-9-12/h4-6,8-10H,3,7,15H2,1-2H3. The minimum Gasteiger partial charge on any atom is -0.404 e. The molecule has 0 fully saturated rings. The second-order valence-corrected chi connectivity index (χ2v) is 3.78. The highest BCUT2D eigenvalue weighted by molar-refractivity contribution is 6.22. The molecule has 0 aliphatic carbocycles. The molecule has 0 saturated heterocycles. The van der Waals surface area contributed by atoms with Crippen molar-refractivity contribution in [3.05, 3.63) is 42.1 Å². The highest BCUT2D eigenvalue weighted by Crippen LogP contribution is 2.15. The first kappa shape index (κ1) is 13.2. The van der Waals surface area contributed by atoms with E-state index < -0.39 is 0 Å². The van der Waals surface area contributed by atoms with Gasteiger partial charge in [0, 0.05) is 6.20 Å². The molecule has 0 aliphatic heterocycles. The highest BCUT2D eigenvalue weighted by Gasteiger charge is 2.10. The average Bonchev–Trinajstić information content (AvgIpc) is 2.31. The Morgan fingerprint density at radius 1 is 1.35 bits per heavy atom. The number of rotatable bonds is 5. The fourth-order valence-electron chi connectivity index (χ4n) is 1.56. The van der Waals surface area contributed by atoms with Gasteiger partial charge in [0.1, 0.15) is 0 Å². The lowest BCUT2D eigenvalue weighted by atomic mass is 10.0. The van der Waals surface area contributed by atoms with Crippen molar-refractivity contribution >= 4 is 17.2 Å². The van der Waals surface area contributed by atoms with Crippen LogP contribution in [0.3, 0.4) is 0 Å². The smallest absolute Gasteiger partial charge is 0.163 e. The molecule has 90 valence electrons. The molecule has 0 unspecified atom stereocenters. The lowest BCUT2D eigenvalue weighted by Crippen LogP contribution is -2.12. The van der Waals surface area contributed by atoms with Crippen molar-refractivity contribution in [1.82, 2.24) is 0 Å². The van der Waals surface area contributed by atoms with E-state index >= 15 is 0 Å². The van der Waals surface area contributed by atoms with Crippen molar-refractivity contribution in [1.29, 1.82) is 0 Å². The third-order valence-electron chi connectivity index (χ3n) is 2.36. The van der Waals surface area contributed by atoms with E-state index in [0.717, 1.165) is 24.2 Å². The van der Waals surface area contributed by atoms with E-state index in [1.54, 1.807) is 0 Å². The summed E-state index contributed by atoms with van der Waals surface area (Å²) < 4.78 is 0. The van der Waals surface area contributed by atoms with E-state index in [2.05, 4.69) is 11.9 Å². The van der Waals surface area contributed by atoms with Crippen LogP contribution in [-0.2, 0) is 4.79 Å². The van der Waals surface area contributed by atoms with Crippen LogP contribution in [0.25, 0.3) is 0 Å². The number of para-hydroxylation sites is 1. The molecule has 0 aliphatic rings. The first-order chi connectivity index (χ1) is 8.19. The third kappa shape index (κ3) is 3.87. The summed E-state index contributed by atoms with van der Waals surface area (Å²) in [5.74, 6) is -0.0457. The fourth-order valence-corrected chi connectivity index (χ4v) is 1.56. The summed E-state index contributed by atoms with van der Waals surface area (Å²) in [4.78, 5) is 15.9. The Hall–Kier alpha value is -1.90. The van der Waals surface area contributed by atoms with Gasteiger partial charge < -0.3 is 5.73 Å². The number of nitrogens with zero attached hydrogens (tertiary/aromatic N) is 1. The summed E-state index contributed by atoms with van der Waals surface area (Å²) in [6, 6.07) is 9.58. The quantitative estimate of drug-likeness (QED) is 0.624. The Labute approximate surface area is 102 Å². The maximum Gasteiger partial charge on any atom is 0.163 e. The predicted molar refractivity (Wildman–Crippen MR) is 71.4 cm³/mol. The molecule has 0 atom stereocenters. The minimum atomic E-state index is -0.0457. The molecule has 3 nitrogen and oxygen atoms in total. The van der Waals surface area contributed by atoms with E-state index in [0.29, 0.717) is 5.57 Å². The number of carbonyl (C=O) groups excluding carboxylic acids is 1. The van der Waals surface area contributed by atoms with Gasteiger partial charge in [0.15, 0.2) is 5.78 Å². The molecular weight excluding hydrogens is 212 g/mol. The van der Waals surface area contributed by atoms with Gasteiger partial charge in [-0.15, -0.1) is 0 Å². The highest BCUT2D eigenvalue weighted by atomic mass is 16.1. The zero-order valence-electron chi connectivity index (χ0n) is 10.3. The zero-order chi connectivity index (χ0) is 12.7. The molecular formula is C14H18N2O. The third-order valence-corrected chi connectivity index (χ3v) is 2.36. The average molecular weight is 230 g/mol. The van der Waals surface area contributed by atoms with Gasteiger partial charge in [0.2, 0.25) is 0 Å². The molecule has 1 rings (SSSR count). The van der Waals surface area contributed by atoms with Crippen molar-refractivity contribution in [2.45, 2.75) is 26.7 Å². The monoisotopic (exact) mass is 230 g/mol. The number of hydrogen-bond acceptors (Lipinski definition) is 3. The van der Waals surface area contributed by atoms with Gasteiger partial charge in [-0.05, 0) is 25.5 Å². The lowest BCUT2D eigenvalue weighted by Gasteiger charge is -2.06. The van der Waals surface area contributed by atoms with Crippen molar-refractivity contribution in [2.75, 3.05) is 0 Å². The number of allylic oxidation sites excluding steroid dienone is 1.